The minimum atomic E-state index is -4.48. The first-order chi connectivity index (χ1) is 18.6. The van der Waals surface area contributed by atoms with Crippen LogP contribution in [0.1, 0.15) is 36.5 Å². The highest BCUT2D eigenvalue weighted by molar-refractivity contribution is 5.93. The molecule has 2 aromatic rings. The van der Waals surface area contributed by atoms with Gasteiger partial charge in [0.05, 0.1) is 5.56 Å². The molecule has 0 radical (unpaired) electrons. The first-order valence-corrected chi connectivity index (χ1v) is 12.4. The van der Waals surface area contributed by atoms with Crippen molar-refractivity contribution < 1.29 is 46.6 Å². The zero-order valence-corrected chi connectivity index (χ0v) is 20.6. The summed E-state index contributed by atoms with van der Waals surface area (Å²) in [5, 5.41) is 0.650. The average Bonchev–Trinajstić information content (AvgIpc) is 3.14. The second kappa shape index (κ2) is 10.6. The number of carbonyl (C=O) groups excluding carboxylic acids is 3. The normalized spacial score (nSPS) is 22.7. The minimum absolute atomic E-state index is 0.280. The van der Waals surface area contributed by atoms with E-state index in [-0.39, 0.29) is 12.8 Å². The third-order valence-corrected chi connectivity index (χ3v) is 6.92. The van der Waals surface area contributed by atoms with Crippen molar-refractivity contribution in [2.45, 2.75) is 43.4 Å². The molecule has 0 aromatic heterocycles. The molecule has 3 aliphatic heterocycles. The van der Waals surface area contributed by atoms with Crippen LogP contribution < -0.4 is 4.74 Å². The van der Waals surface area contributed by atoms with Gasteiger partial charge in [0.2, 0.25) is 0 Å². The summed E-state index contributed by atoms with van der Waals surface area (Å²) < 4.78 is 57.1. The molecule has 0 N–H and O–H groups in total. The number of halogens is 3. The summed E-state index contributed by atoms with van der Waals surface area (Å²) in [7, 11) is 0. The number of para-hydroxylation sites is 1. The minimum Gasteiger partial charge on any atom is -0.486 e. The van der Waals surface area contributed by atoms with Gasteiger partial charge in [-0.3, -0.25) is 0 Å². The molecular weight excluding hydrogens is 521 g/mol. The molecule has 2 saturated heterocycles. The van der Waals surface area contributed by atoms with E-state index in [1.54, 1.807) is 30.3 Å². The average molecular weight is 546 g/mol. The zero-order valence-electron chi connectivity index (χ0n) is 20.6. The maximum Gasteiger partial charge on any atom is 0.447 e. The van der Waals surface area contributed by atoms with Crippen molar-refractivity contribution in [2.24, 2.45) is 0 Å². The van der Waals surface area contributed by atoms with E-state index in [0.717, 1.165) is 24.3 Å². The van der Waals surface area contributed by atoms with Crippen LogP contribution in [0.25, 0.3) is 0 Å². The summed E-state index contributed by atoms with van der Waals surface area (Å²) in [6, 6.07) is 14.0. The molecule has 2 aromatic carbocycles. The van der Waals surface area contributed by atoms with E-state index < -0.39 is 47.7 Å². The van der Waals surface area contributed by atoms with Gasteiger partial charge in [0.1, 0.15) is 11.9 Å². The number of benzene rings is 2. The van der Waals surface area contributed by atoms with Crippen molar-refractivity contribution in [1.29, 1.82) is 0 Å². The third kappa shape index (κ3) is 5.85. The summed E-state index contributed by atoms with van der Waals surface area (Å²) >= 11 is 0. The molecule has 2 atom stereocenters. The topological polar surface area (TPSA) is 94.6 Å². The molecule has 0 saturated carbocycles. The highest BCUT2D eigenvalue weighted by Crippen LogP contribution is 2.40. The van der Waals surface area contributed by atoms with Crippen LogP contribution in [0, 0.1) is 0 Å². The molecular formula is C27H25F3N2O7. The lowest BCUT2D eigenvalue weighted by Gasteiger charge is -2.40. The van der Waals surface area contributed by atoms with Crippen LogP contribution in [0.2, 0.25) is 0 Å². The maximum absolute atomic E-state index is 13.4. The fraction of sp³-hybridized carbons (Fsp3) is 0.370. The van der Waals surface area contributed by atoms with E-state index in [1.807, 2.05) is 6.07 Å². The highest BCUT2D eigenvalue weighted by Gasteiger charge is 2.59. The first kappa shape index (κ1) is 26.5. The van der Waals surface area contributed by atoms with Crippen molar-refractivity contribution in [2.75, 3.05) is 19.6 Å². The number of rotatable bonds is 6. The van der Waals surface area contributed by atoms with Gasteiger partial charge >= 0.3 is 24.2 Å². The van der Waals surface area contributed by atoms with E-state index >= 15 is 0 Å². The molecule has 3 aliphatic rings. The number of hydroxylamine groups is 2. The smallest absolute Gasteiger partial charge is 0.447 e. The van der Waals surface area contributed by atoms with Crippen molar-refractivity contribution in [3.05, 3.63) is 77.9 Å². The molecule has 12 heteroatoms. The van der Waals surface area contributed by atoms with Gasteiger partial charge in [0.15, 0.2) is 5.60 Å². The Hall–Kier alpha value is -4.06. The molecule has 0 aliphatic carbocycles. The van der Waals surface area contributed by atoms with E-state index in [4.69, 9.17) is 19.0 Å². The highest BCUT2D eigenvalue weighted by atomic mass is 19.4. The Morgan fingerprint density at radius 2 is 1.69 bits per heavy atom. The van der Waals surface area contributed by atoms with E-state index in [2.05, 4.69) is 4.90 Å². The van der Waals surface area contributed by atoms with Gasteiger partial charge in [-0.2, -0.15) is 13.2 Å². The van der Waals surface area contributed by atoms with Crippen LogP contribution in [0.5, 0.6) is 5.75 Å². The molecule has 206 valence electrons. The lowest BCUT2D eigenvalue weighted by molar-refractivity contribution is -0.222. The van der Waals surface area contributed by atoms with Gasteiger partial charge in [-0.15, -0.1) is 0 Å². The van der Waals surface area contributed by atoms with Crippen LogP contribution >= 0.6 is 0 Å². The van der Waals surface area contributed by atoms with Gasteiger partial charge in [-0.05, 0) is 29.8 Å². The number of alkyl halides is 3. The van der Waals surface area contributed by atoms with Crippen molar-refractivity contribution in [1.82, 2.24) is 9.96 Å². The summed E-state index contributed by atoms with van der Waals surface area (Å²) in [4.78, 5) is 43.4. The Bertz CT molecular complexity index is 1260. The molecule has 9 nitrogen and oxygen atoms in total. The molecule has 5 rings (SSSR count). The number of esters is 1. The fourth-order valence-corrected chi connectivity index (χ4v) is 4.91. The van der Waals surface area contributed by atoms with Crippen molar-refractivity contribution in [3.63, 3.8) is 0 Å². The first-order valence-electron chi connectivity index (χ1n) is 12.4. The Morgan fingerprint density at radius 3 is 2.41 bits per heavy atom. The second-order valence-electron chi connectivity index (χ2n) is 9.46. The quantitative estimate of drug-likeness (QED) is 0.493. The summed E-state index contributed by atoms with van der Waals surface area (Å²) in [5.41, 5.74) is -1.55. The standard InChI is InChI=1S/C27H25F3N2O7/c28-27(29,30)19-6-4-5-18(17-19)21(36-20-7-2-1-3-8-20)11-14-31-15-12-26(13-16-31)24-32(25(35)38-26)39-23(34)10-9-22(33)37-24/h1-10,17,21,24H,11-16H2/b10-9+. The number of fused-ring (bicyclic) bond motifs is 2. The number of hydrogen-bond donors (Lipinski definition) is 0. The molecule has 3 heterocycles. The van der Waals surface area contributed by atoms with Crippen molar-refractivity contribution in [3.8, 4) is 5.75 Å². The SMILES string of the molecule is O=C1/C=C/C(=O)ON2C(=O)OC3(CCN(CCC(Oc4ccccc4)c4cccc(C(F)(F)F)c4)CC3)C2O1. The van der Waals surface area contributed by atoms with E-state index in [0.29, 0.717) is 42.4 Å². The van der Waals surface area contributed by atoms with Crippen molar-refractivity contribution >= 4 is 18.0 Å². The Kier molecular flexibility index (Phi) is 7.21. The summed E-state index contributed by atoms with van der Waals surface area (Å²) in [6.07, 6.45) is -4.56. The number of nitrogens with zero attached hydrogens (tertiary/aromatic N) is 2. The van der Waals surface area contributed by atoms with Gasteiger partial charge in [-0.1, -0.05) is 35.4 Å². The predicted octanol–water partition coefficient (Wildman–Crippen LogP) is 4.40. The van der Waals surface area contributed by atoms with Crippen LogP contribution in [0.4, 0.5) is 18.0 Å². The monoisotopic (exact) mass is 546 g/mol. The van der Waals surface area contributed by atoms with Crippen LogP contribution in [0.15, 0.2) is 66.7 Å². The van der Waals surface area contributed by atoms with Crippen LogP contribution in [0.3, 0.4) is 0 Å². The summed E-state index contributed by atoms with van der Waals surface area (Å²) in [5.74, 6) is -1.17. The fourth-order valence-electron chi connectivity index (χ4n) is 4.91. The predicted molar refractivity (Wildman–Crippen MR) is 128 cm³/mol. The van der Waals surface area contributed by atoms with E-state index in [9.17, 15) is 27.6 Å². The Balaban J connectivity index is 1.27. The maximum atomic E-state index is 13.4. The lowest BCUT2D eigenvalue weighted by atomic mass is 9.89. The van der Waals surface area contributed by atoms with Gasteiger partial charge in [0.25, 0.3) is 6.23 Å². The van der Waals surface area contributed by atoms with E-state index in [1.165, 1.54) is 6.07 Å². The number of amides is 1. The lowest BCUT2D eigenvalue weighted by Crippen LogP contribution is -2.54. The molecule has 0 bridgehead atoms. The van der Waals surface area contributed by atoms with Crippen LogP contribution in [-0.4, -0.2) is 59.5 Å². The summed E-state index contributed by atoms with van der Waals surface area (Å²) in [6.45, 7) is 1.34. The number of ether oxygens (including phenoxy) is 3. The van der Waals surface area contributed by atoms with Crippen LogP contribution in [-0.2, 0) is 30.1 Å². The Morgan fingerprint density at radius 1 is 0.974 bits per heavy atom. The number of piperidine rings is 1. The van der Waals surface area contributed by atoms with Gasteiger partial charge in [-0.25, -0.2) is 14.4 Å². The van der Waals surface area contributed by atoms with Gasteiger partial charge in [0, 0.05) is 51.0 Å². The number of carbonyl (C=O) groups is 3. The second-order valence-corrected chi connectivity index (χ2v) is 9.46. The molecule has 2 fully saturated rings. The zero-order chi connectivity index (χ0) is 27.6. The number of likely N-dealkylation sites (tertiary alicyclic amines) is 1. The molecule has 2 unspecified atom stereocenters. The number of hydrogen-bond acceptors (Lipinski definition) is 8. The Labute approximate surface area is 221 Å². The molecule has 39 heavy (non-hydrogen) atoms. The van der Waals surface area contributed by atoms with Gasteiger partial charge < -0.3 is 23.9 Å². The third-order valence-electron chi connectivity index (χ3n) is 6.92. The molecule has 1 amide bonds. The molecule has 1 spiro atoms. The largest absolute Gasteiger partial charge is 0.486 e.